The summed E-state index contributed by atoms with van der Waals surface area (Å²) in [5.41, 5.74) is 0.128. The van der Waals surface area contributed by atoms with Crippen LogP contribution < -0.4 is 20.4 Å². The number of ketones is 1. The Morgan fingerprint density at radius 2 is 1.37 bits per heavy atom. The molecule has 7 heteroatoms. The number of methoxy groups -OCH3 is 1. The zero-order valence-corrected chi connectivity index (χ0v) is 17.5. The van der Waals surface area contributed by atoms with Gasteiger partial charge in [-0.25, -0.2) is 5.09 Å². The number of alkyl halides is 2. The van der Waals surface area contributed by atoms with Crippen LogP contribution in [0.5, 0.6) is 5.75 Å². The minimum Gasteiger partial charge on any atom is -0.497 e. The molecule has 1 N–H and O–H groups in total. The highest BCUT2D eigenvalue weighted by molar-refractivity contribution is 7.76. The summed E-state index contributed by atoms with van der Waals surface area (Å²) < 4.78 is 49.5. The van der Waals surface area contributed by atoms with E-state index in [1.54, 1.807) is 60.7 Å². The fourth-order valence-electron chi connectivity index (χ4n) is 3.12. The summed E-state index contributed by atoms with van der Waals surface area (Å²) in [6.07, 6.45) is 0. The summed E-state index contributed by atoms with van der Waals surface area (Å²) in [4.78, 5) is 11.9. The lowest BCUT2D eigenvalue weighted by Gasteiger charge is -2.31. The fourth-order valence-corrected chi connectivity index (χ4v) is 5.58. The Morgan fingerprint density at radius 1 is 0.900 bits per heavy atom. The number of hydrogen-bond acceptors (Lipinski definition) is 3. The van der Waals surface area contributed by atoms with Crippen molar-refractivity contribution in [3.05, 3.63) is 90.5 Å². The molecule has 0 aliphatic rings. The van der Waals surface area contributed by atoms with Crippen molar-refractivity contribution in [3.8, 4) is 5.75 Å². The number of carbonyl (C=O) groups is 1. The molecule has 0 aromatic heterocycles. The second-order valence-corrected chi connectivity index (χ2v) is 9.30. The second-order valence-electron chi connectivity index (χ2n) is 6.79. The SMILES string of the molecule is COc1ccc(C(NP(=O)(c2ccccc2)c2ccccc2)C(F)(F)C(C)=O)cc1. The highest BCUT2D eigenvalue weighted by atomic mass is 31.2. The molecule has 0 radical (unpaired) electrons. The lowest BCUT2D eigenvalue weighted by molar-refractivity contribution is -0.144. The van der Waals surface area contributed by atoms with Gasteiger partial charge in [0, 0.05) is 17.5 Å². The highest BCUT2D eigenvalue weighted by Gasteiger charge is 2.48. The van der Waals surface area contributed by atoms with Crippen LogP contribution in [-0.2, 0) is 9.36 Å². The summed E-state index contributed by atoms with van der Waals surface area (Å²) >= 11 is 0. The van der Waals surface area contributed by atoms with Crippen LogP contribution >= 0.6 is 7.29 Å². The van der Waals surface area contributed by atoms with Gasteiger partial charge in [0.1, 0.15) is 11.8 Å². The monoisotopic (exact) mass is 429 g/mol. The Bertz CT molecular complexity index is 998. The Hall–Kier alpha value is -2.82. The summed E-state index contributed by atoms with van der Waals surface area (Å²) in [6.45, 7) is 0.828. The molecule has 0 saturated carbocycles. The molecule has 0 spiro atoms. The normalized spacial score (nSPS) is 12.9. The summed E-state index contributed by atoms with van der Waals surface area (Å²) in [5.74, 6) is -4.62. The van der Waals surface area contributed by atoms with Crippen molar-refractivity contribution in [2.75, 3.05) is 7.11 Å². The van der Waals surface area contributed by atoms with Crippen molar-refractivity contribution < 1.29 is 22.9 Å². The molecule has 0 amide bonds. The third-order valence-corrected chi connectivity index (χ3v) is 7.50. The maximum atomic E-state index is 15.1. The molecule has 0 bridgehead atoms. The highest BCUT2D eigenvalue weighted by Crippen LogP contribution is 2.46. The molecule has 1 atom stereocenters. The van der Waals surface area contributed by atoms with E-state index in [-0.39, 0.29) is 5.56 Å². The van der Waals surface area contributed by atoms with Crippen LogP contribution in [0, 0.1) is 0 Å². The van der Waals surface area contributed by atoms with Gasteiger partial charge in [0.25, 0.3) is 0 Å². The van der Waals surface area contributed by atoms with Crippen LogP contribution in [0.3, 0.4) is 0 Å². The minimum atomic E-state index is -3.78. The fraction of sp³-hybridized carbons (Fsp3) is 0.174. The first-order chi connectivity index (χ1) is 14.3. The van der Waals surface area contributed by atoms with E-state index in [2.05, 4.69) is 5.09 Å². The lowest BCUT2D eigenvalue weighted by Crippen LogP contribution is -2.44. The van der Waals surface area contributed by atoms with Crippen molar-refractivity contribution >= 4 is 23.7 Å². The first-order valence-electron chi connectivity index (χ1n) is 9.31. The first-order valence-corrected chi connectivity index (χ1v) is 11.0. The molecule has 156 valence electrons. The average molecular weight is 429 g/mol. The smallest absolute Gasteiger partial charge is 0.324 e. The molecular formula is C23H22F2NO3P. The number of carbonyl (C=O) groups excluding carboxylic acids is 1. The molecule has 1 unspecified atom stereocenters. The molecule has 30 heavy (non-hydrogen) atoms. The van der Waals surface area contributed by atoms with Crippen LogP contribution in [0.1, 0.15) is 18.5 Å². The molecule has 3 aromatic carbocycles. The van der Waals surface area contributed by atoms with E-state index in [9.17, 15) is 9.36 Å². The number of ether oxygens (including phenoxy) is 1. The topological polar surface area (TPSA) is 55.4 Å². The molecule has 4 nitrogen and oxygen atoms in total. The molecule has 0 aliphatic carbocycles. The molecule has 0 saturated heterocycles. The molecule has 0 heterocycles. The van der Waals surface area contributed by atoms with Gasteiger partial charge in [-0.3, -0.25) is 9.36 Å². The zero-order valence-electron chi connectivity index (χ0n) is 16.6. The number of benzene rings is 3. The minimum absolute atomic E-state index is 0.128. The van der Waals surface area contributed by atoms with Crippen molar-refractivity contribution in [1.29, 1.82) is 0 Å². The van der Waals surface area contributed by atoms with E-state index < -0.39 is 25.0 Å². The van der Waals surface area contributed by atoms with Crippen molar-refractivity contribution in [1.82, 2.24) is 5.09 Å². The van der Waals surface area contributed by atoms with E-state index in [1.807, 2.05) is 0 Å². The van der Waals surface area contributed by atoms with Gasteiger partial charge in [0.2, 0.25) is 13.1 Å². The maximum absolute atomic E-state index is 15.1. The van der Waals surface area contributed by atoms with Gasteiger partial charge in [-0.2, -0.15) is 8.78 Å². The lowest BCUT2D eigenvalue weighted by atomic mass is 9.99. The average Bonchev–Trinajstić information content (AvgIpc) is 2.78. The summed E-state index contributed by atoms with van der Waals surface area (Å²) in [7, 11) is -2.25. The van der Waals surface area contributed by atoms with Gasteiger partial charge in [-0.05, 0) is 42.0 Å². The maximum Gasteiger partial charge on any atom is 0.324 e. The largest absolute Gasteiger partial charge is 0.497 e. The van der Waals surface area contributed by atoms with Gasteiger partial charge >= 0.3 is 5.92 Å². The number of hydrogen-bond donors (Lipinski definition) is 1. The standard InChI is InChI=1S/C23H22F2NO3P/c1-17(27)23(24,25)22(18-13-15-19(29-2)16-14-18)26-30(28,20-9-5-3-6-10-20)21-11-7-4-8-12-21/h3-16,22H,1-2H3,(H,26,28). The van der Waals surface area contributed by atoms with Crippen LogP contribution in [0.4, 0.5) is 8.78 Å². The van der Waals surface area contributed by atoms with Crippen LogP contribution in [-0.4, -0.2) is 18.8 Å². The van der Waals surface area contributed by atoms with Gasteiger partial charge < -0.3 is 4.74 Å². The molecule has 0 fully saturated rings. The zero-order chi connectivity index (χ0) is 21.8. The van der Waals surface area contributed by atoms with E-state index >= 15 is 8.78 Å². The quantitative estimate of drug-likeness (QED) is 0.537. The number of rotatable bonds is 8. The van der Waals surface area contributed by atoms with Gasteiger partial charge in [0.15, 0.2) is 0 Å². The Morgan fingerprint density at radius 3 is 1.77 bits per heavy atom. The van der Waals surface area contributed by atoms with Gasteiger partial charge in [-0.15, -0.1) is 0 Å². The summed E-state index contributed by atoms with van der Waals surface area (Å²) in [5, 5.41) is 3.42. The first kappa shape index (κ1) is 21.9. The molecule has 0 aliphatic heterocycles. The molecule has 3 rings (SSSR count). The van der Waals surface area contributed by atoms with Crippen molar-refractivity contribution in [3.63, 3.8) is 0 Å². The predicted molar refractivity (Wildman–Crippen MR) is 114 cm³/mol. The van der Waals surface area contributed by atoms with Crippen LogP contribution in [0.15, 0.2) is 84.9 Å². The van der Waals surface area contributed by atoms with E-state index in [1.165, 1.54) is 31.4 Å². The van der Waals surface area contributed by atoms with Crippen LogP contribution in [0.25, 0.3) is 0 Å². The second kappa shape index (κ2) is 8.90. The van der Waals surface area contributed by atoms with E-state index in [0.29, 0.717) is 16.4 Å². The molecule has 3 aromatic rings. The number of nitrogens with one attached hydrogen (secondary N) is 1. The van der Waals surface area contributed by atoms with E-state index in [4.69, 9.17) is 4.74 Å². The molecular weight excluding hydrogens is 407 g/mol. The van der Waals surface area contributed by atoms with E-state index in [0.717, 1.165) is 6.92 Å². The number of halogens is 2. The summed E-state index contributed by atoms with van der Waals surface area (Å²) in [6, 6.07) is 20.9. The van der Waals surface area contributed by atoms with Crippen LogP contribution in [0.2, 0.25) is 0 Å². The Labute approximate surface area is 174 Å². The Kier molecular flexibility index (Phi) is 6.49. The van der Waals surface area contributed by atoms with Gasteiger partial charge in [0.05, 0.1) is 7.11 Å². The van der Waals surface area contributed by atoms with Crippen molar-refractivity contribution in [2.45, 2.75) is 18.9 Å². The third kappa shape index (κ3) is 4.35. The van der Waals surface area contributed by atoms with Crippen molar-refractivity contribution in [2.24, 2.45) is 0 Å². The predicted octanol–water partition coefficient (Wildman–Crippen LogP) is 4.48. The van der Waals surface area contributed by atoms with Gasteiger partial charge in [-0.1, -0.05) is 48.5 Å². The number of Topliss-reactive ketones (excluding diaryl/α,β-unsaturated/α-hetero) is 1. The Balaban J connectivity index is 2.16. The third-order valence-electron chi connectivity index (χ3n) is 4.83.